The van der Waals surface area contributed by atoms with Crippen LogP contribution in [0.3, 0.4) is 0 Å². The topological polar surface area (TPSA) is 63.6 Å². The zero-order valence-electron chi connectivity index (χ0n) is 13.1. The Morgan fingerprint density at radius 3 is 1.87 bits per heavy atom. The number of carbonyl (C=O) groups is 2. The third-order valence-electron chi connectivity index (χ3n) is 3.57. The van der Waals surface area contributed by atoms with Gasteiger partial charge in [-0.3, -0.25) is 0 Å². The molecule has 0 saturated carbocycles. The number of benzene rings is 2. The molecular formula is C19H20O4. The van der Waals surface area contributed by atoms with Crippen molar-refractivity contribution in [3.63, 3.8) is 0 Å². The number of carbonyl (C=O) groups excluding carboxylic acids is 1. The van der Waals surface area contributed by atoms with E-state index in [1.807, 2.05) is 12.1 Å². The average molecular weight is 312 g/mol. The van der Waals surface area contributed by atoms with Gasteiger partial charge in [0.1, 0.15) is 0 Å². The molecule has 1 N–H and O–H groups in total. The van der Waals surface area contributed by atoms with Crippen molar-refractivity contribution in [1.82, 2.24) is 0 Å². The second-order valence-electron chi connectivity index (χ2n) is 5.30. The van der Waals surface area contributed by atoms with Crippen LogP contribution in [-0.2, 0) is 4.74 Å². The van der Waals surface area contributed by atoms with Crippen molar-refractivity contribution in [3.05, 3.63) is 59.7 Å². The minimum atomic E-state index is -0.947. The Morgan fingerprint density at radius 2 is 1.39 bits per heavy atom. The van der Waals surface area contributed by atoms with Crippen molar-refractivity contribution in [2.24, 2.45) is 0 Å². The van der Waals surface area contributed by atoms with Gasteiger partial charge < -0.3 is 9.84 Å². The van der Waals surface area contributed by atoms with Crippen LogP contribution in [0.2, 0.25) is 0 Å². The van der Waals surface area contributed by atoms with Crippen molar-refractivity contribution < 1.29 is 19.4 Å². The summed E-state index contributed by atoms with van der Waals surface area (Å²) >= 11 is 0. The smallest absolute Gasteiger partial charge is 0.338 e. The van der Waals surface area contributed by atoms with Crippen LogP contribution in [0.1, 0.15) is 46.9 Å². The molecule has 0 aromatic heterocycles. The summed E-state index contributed by atoms with van der Waals surface area (Å²) < 4.78 is 5.21. The molecule has 2 aromatic rings. The van der Waals surface area contributed by atoms with Gasteiger partial charge in [0.2, 0.25) is 0 Å². The molecule has 0 saturated heterocycles. The van der Waals surface area contributed by atoms with Gasteiger partial charge in [-0.1, -0.05) is 44.0 Å². The highest BCUT2D eigenvalue weighted by molar-refractivity contribution is 5.90. The van der Waals surface area contributed by atoms with Crippen molar-refractivity contribution in [2.45, 2.75) is 26.2 Å². The van der Waals surface area contributed by atoms with Crippen LogP contribution < -0.4 is 0 Å². The quantitative estimate of drug-likeness (QED) is 0.608. The van der Waals surface area contributed by atoms with Crippen LogP contribution in [-0.4, -0.2) is 23.7 Å². The third kappa shape index (κ3) is 4.68. The fraction of sp³-hybridized carbons (Fsp3) is 0.263. The first-order valence-electron chi connectivity index (χ1n) is 7.72. The molecule has 120 valence electrons. The van der Waals surface area contributed by atoms with Gasteiger partial charge in [0.15, 0.2) is 0 Å². The Kier molecular flexibility index (Phi) is 5.92. The van der Waals surface area contributed by atoms with Gasteiger partial charge in [-0.2, -0.15) is 0 Å². The minimum absolute atomic E-state index is 0.251. The average Bonchev–Trinajstić information content (AvgIpc) is 2.59. The van der Waals surface area contributed by atoms with Crippen molar-refractivity contribution >= 4 is 11.9 Å². The van der Waals surface area contributed by atoms with E-state index >= 15 is 0 Å². The standard InChI is InChI=1S/C19H20O4/c1-2-3-4-13-23-19(22)17-11-7-15(8-12-17)14-5-9-16(10-6-14)18(20)21/h5-12H,2-4,13H2,1H3,(H,20,21). The molecule has 2 rings (SSSR count). The lowest BCUT2D eigenvalue weighted by atomic mass is 10.0. The molecule has 0 heterocycles. The zero-order chi connectivity index (χ0) is 16.7. The fourth-order valence-electron chi connectivity index (χ4n) is 2.20. The first-order chi connectivity index (χ1) is 11.1. The first kappa shape index (κ1) is 16.7. The molecule has 0 aliphatic rings. The van der Waals surface area contributed by atoms with E-state index in [1.165, 1.54) is 0 Å². The molecule has 2 aromatic carbocycles. The maximum atomic E-state index is 11.9. The summed E-state index contributed by atoms with van der Waals surface area (Å²) in [6, 6.07) is 13.7. The van der Waals surface area contributed by atoms with Crippen LogP contribution >= 0.6 is 0 Å². The summed E-state index contributed by atoms with van der Waals surface area (Å²) in [5.74, 6) is -1.26. The summed E-state index contributed by atoms with van der Waals surface area (Å²) in [7, 11) is 0. The summed E-state index contributed by atoms with van der Waals surface area (Å²) in [6.45, 7) is 2.55. The number of unbranched alkanes of at least 4 members (excludes halogenated alkanes) is 2. The minimum Gasteiger partial charge on any atom is -0.478 e. The van der Waals surface area contributed by atoms with Gasteiger partial charge in [-0.05, 0) is 41.8 Å². The SMILES string of the molecule is CCCCCOC(=O)c1ccc(-c2ccc(C(=O)O)cc2)cc1. The Hall–Kier alpha value is -2.62. The second kappa shape index (κ2) is 8.13. The number of carboxylic acid groups (broad SMARTS) is 1. The molecule has 0 atom stereocenters. The molecule has 0 fully saturated rings. The number of rotatable bonds is 7. The van der Waals surface area contributed by atoms with Gasteiger partial charge in [0.05, 0.1) is 17.7 Å². The number of hydrogen-bond donors (Lipinski definition) is 1. The fourth-order valence-corrected chi connectivity index (χ4v) is 2.20. The summed E-state index contributed by atoms with van der Waals surface area (Å²) in [6.07, 6.45) is 3.03. The molecule has 4 heteroatoms. The molecule has 23 heavy (non-hydrogen) atoms. The Morgan fingerprint density at radius 1 is 0.870 bits per heavy atom. The molecular weight excluding hydrogens is 292 g/mol. The van der Waals surface area contributed by atoms with Crippen molar-refractivity contribution in [2.75, 3.05) is 6.61 Å². The highest BCUT2D eigenvalue weighted by atomic mass is 16.5. The predicted molar refractivity (Wildman–Crippen MR) is 88.6 cm³/mol. The molecule has 0 bridgehead atoms. The van der Waals surface area contributed by atoms with Crippen LogP contribution in [0.15, 0.2) is 48.5 Å². The summed E-state index contributed by atoms with van der Waals surface area (Å²) in [5.41, 5.74) is 2.59. The van der Waals surface area contributed by atoms with E-state index in [1.54, 1.807) is 36.4 Å². The van der Waals surface area contributed by atoms with Gasteiger partial charge in [0.25, 0.3) is 0 Å². The maximum absolute atomic E-state index is 11.9. The van der Waals surface area contributed by atoms with Crippen molar-refractivity contribution in [3.8, 4) is 11.1 Å². The van der Waals surface area contributed by atoms with Crippen LogP contribution in [0.25, 0.3) is 11.1 Å². The normalized spacial score (nSPS) is 10.3. The van der Waals surface area contributed by atoms with Crippen LogP contribution in [0, 0.1) is 0 Å². The van der Waals surface area contributed by atoms with E-state index in [2.05, 4.69) is 6.92 Å². The van der Waals surface area contributed by atoms with E-state index in [0.717, 1.165) is 30.4 Å². The molecule has 0 radical (unpaired) electrons. The van der Waals surface area contributed by atoms with E-state index < -0.39 is 5.97 Å². The maximum Gasteiger partial charge on any atom is 0.338 e. The van der Waals surface area contributed by atoms with Crippen LogP contribution in [0.5, 0.6) is 0 Å². The van der Waals surface area contributed by atoms with E-state index in [0.29, 0.717) is 12.2 Å². The molecule has 0 aliphatic heterocycles. The summed E-state index contributed by atoms with van der Waals surface area (Å²) in [4.78, 5) is 22.7. The third-order valence-corrected chi connectivity index (χ3v) is 3.57. The van der Waals surface area contributed by atoms with Gasteiger partial charge in [-0.25, -0.2) is 9.59 Å². The molecule has 0 aliphatic carbocycles. The van der Waals surface area contributed by atoms with E-state index in [4.69, 9.17) is 9.84 Å². The molecule has 0 unspecified atom stereocenters. The monoisotopic (exact) mass is 312 g/mol. The summed E-state index contributed by atoms with van der Waals surface area (Å²) in [5, 5.41) is 8.90. The zero-order valence-corrected chi connectivity index (χ0v) is 13.1. The lowest BCUT2D eigenvalue weighted by Gasteiger charge is -2.06. The lowest BCUT2D eigenvalue weighted by Crippen LogP contribution is -2.06. The number of aromatic carboxylic acids is 1. The van der Waals surface area contributed by atoms with Gasteiger partial charge >= 0.3 is 11.9 Å². The van der Waals surface area contributed by atoms with E-state index in [9.17, 15) is 9.59 Å². The second-order valence-corrected chi connectivity index (χ2v) is 5.30. The number of carboxylic acids is 1. The largest absolute Gasteiger partial charge is 0.478 e. The highest BCUT2D eigenvalue weighted by Gasteiger charge is 2.08. The Labute approximate surface area is 135 Å². The number of hydrogen-bond acceptors (Lipinski definition) is 3. The van der Waals surface area contributed by atoms with Crippen molar-refractivity contribution in [1.29, 1.82) is 0 Å². The van der Waals surface area contributed by atoms with Crippen LogP contribution in [0.4, 0.5) is 0 Å². The van der Waals surface area contributed by atoms with Gasteiger partial charge in [0, 0.05) is 0 Å². The Bertz CT molecular complexity index is 657. The molecule has 0 amide bonds. The highest BCUT2D eigenvalue weighted by Crippen LogP contribution is 2.20. The lowest BCUT2D eigenvalue weighted by molar-refractivity contribution is 0.0497. The molecule has 0 spiro atoms. The first-order valence-corrected chi connectivity index (χ1v) is 7.72. The Balaban J connectivity index is 2.01. The number of esters is 1. The molecule has 4 nitrogen and oxygen atoms in total. The predicted octanol–water partition coefficient (Wildman–Crippen LogP) is 4.40. The number of ether oxygens (including phenoxy) is 1. The van der Waals surface area contributed by atoms with Gasteiger partial charge in [-0.15, -0.1) is 0 Å². The van der Waals surface area contributed by atoms with E-state index in [-0.39, 0.29) is 11.5 Å².